The van der Waals surface area contributed by atoms with Crippen molar-refractivity contribution in [3.8, 4) is 0 Å². The second-order valence-corrected chi connectivity index (χ2v) is 6.74. The van der Waals surface area contributed by atoms with Gasteiger partial charge < -0.3 is 11.1 Å². The van der Waals surface area contributed by atoms with Crippen molar-refractivity contribution < 1.29 is 17.6 Å². The fraction of sp³-hybridized carbons (Fsp3) is 0.462. The molecule has 0 unspecified atom stereocenters. The fourth-order valence-electron chi connectivity index (χ4n) is 1.73. The van der Waals surface area contributed by atoms with Crippen molar-refractivity contribution in [3.05, 3.63) is 23.5 Å². The summed E-state index contributed by atoms with van der Waals surface area (Å²) in [5.41, 5.74) is 5.40. The molecule has 8 heteroatoms. The van der Waals surface area contributed by atoms with Gasteiger partial charge in [-0.1, -0.05) is 0 Å². The summed E-state index contributed by atoms with van der Waals surface area (Å²) in [6.07, 6.45) is 0.0210. The summed E-state index contributed by atoms with van der Waals surface area (Å²) in [6, 6.07) is 2.13. The predicted octanol–water partition coefficient (Wildman–Crippen LogP) is 0.909. The largest absolute Gasteiger partial charge is 0.396 e. The first kappa shape index (κ1) is 17.4. The summed E-state index contributed by atoms with van der Waals surface area (Å²) in [6.45, 7) is 5.06. The van der Waals surface area contributed by atoms with Crippen LogP contribution in [0.1, 0.15) is 25.8 Å². The third kappa shape index (κ3) is 4.98. The fourth-order valence-corrected chi connectivity index (χ4v) is 3.02. The average molecular weight is 317 g/mol. The van der Waals surface area contributed by atoms with Crippen LogP contribution in [-0.2, 0) is 14.8 Å². The predicted molar refractivity (Wildman–Crippen MR) is 78.6 cm³/mol. The molecule has 0 fully saturated rings. The Morgan fingerprint density at radius 3 is 2.57 bits per heavy atom. The number of hydrogen-bond donors (Lipinski definition) is 3. The quantitative estimate of drug-likeness (QED) is 0.679. The molecule has 0 radical (unpaired) electrons. The van der Waals surface area contributed by atoms with Crippen molar-refractivity contribution in [1.29, 1.82) is 0 Å². The van der Waals surface area contributed by atoms with Crippen LogP contribution in [0.4, 0.5) is 10.1 Å². The molecule has 21 heavy (non-hydrogen) atoms. The second kappa shape index (κ2) is 6.86. The Morgan fingerprint density at radius 1 is 1.38 bits per heavy atom. The molecule has 1 aromatic rings. The Hall–Kier alpha value is -1.67. The zero-order valence-electron chi connectivity index (χ0n) is 12.2. The van der Waals surface area contributed by atoms with Gasteiger partial charge in [-0.05, 0) is 38.5 Å². The number of carbonyl (C=O) groups excluding carboxylic acids is 1. The van der Waals surface area contributed by atoms with E-state index in [-0.39, 0.29) is 41.1 Å². The van der Waals surface area contributed by atoms with Crippen molar-refractivity contribution in [2.24, 2.45) is 0 Å². The molecule has 1 amide bonds. The maximum Gasteiger partial charge on any atom is 0.240 e. The van der Waals surface area contributed by atoms with Crippen LogP contribution in [0.5, 0.6) is 0 Å². The van der Waals surface area contributed by atoms with E-state index < -0.39 is 15.8 Å². The molecule has 0 saturated carbocycles. The molecule has 1 aromatic carbocycles. The Kier molecular flexibility index (Phi) is 5.68. The molecule has 0 heterocycles. The molecular formula is C13H20FN3O3S. The highest BCUT2D eigenvalue weighted by Gasteiger charge is 2.19. The van der Waals surface area contributed by atoms with Crippen LogP contribution in [0.25, 0.3) is 0 Å². The topological polar surface area (TPSA) is 101 Å². The minimum absolute atomic E-state index is 0.00625. The molecule has 4 N–H and O–H groups in total. The molecule has 0 bridgehead atoms. The van der Waals surface area contributed by atoms with Crippen LogP contribution in [0.2, 0.25) is 0 Å². The van der Waals surface area contributed by atoms with Gasteiger partial charge in [0.15, 0.2) is 0 Å². The van der Waals surface area contributed by atoms with Gasteiger partial charge in [0.05, 0.1) is 10.6 Å². The van der Waals surface area contributed by atoms with Gasteiger partial charge in [0.1, 0.15) is 5.82 Å². The van der Waals surface area contributed by atoms with Crippen molar-refractivity contribution in [3.63, 3.8) is 0 Å². The maximum absolute atomic E-state index is 13.2. The van der Waals surface area contributed by atoms with E-state index in [1.54, 1.807) is 0 Å². The summed E-state index contributed by atoms with van der Waals surface area (Å²) < 4.78 is 39.7. The van der Waals surface area contributed by atoms with E-state index in [0.717, 1.165) is 12.1 Å². The molecule has 0 aromatic heterocycles. The normalized spacial score (nSPS) is 11.7. The van der Waals surface area contributed by atoms with Gasteiger partial charge in [0.25, 0.3) is 0 Å². The number of rotatable bonds is 6. The van der Waals surface area contributed by atoms with E-state index >= 15 is 0 Å². The SMILES string of the molecule is Cc1cc(F)c(N)cc1S(=O)(=O)NCCC(=O)NC(C)C. The van der Waals surface area contributed by atoms with E-state index in [1.165, 1.54) is 6.92 Å². The molecule has 118 valence electrons. The average Bonchev–Trinajstić information content (AvgIpc) is 2.32. The van der Waals surface area contributed by atoms with E-state index in [1.807, 2.05) is 13.8 Å². The van der Waals surface area contributed by atoms with Crippen LogP contribution >= 0.6 is 0 Å². The van der Waals surface area contributed by atoms with Crippen molar-refractivity contribution in [1.82, 2.24) is 10.0 Å². The van der Waals surface area contributed by atoms with Gasteiger partial charge in [-0.15, -0.1) is 0 Å². The number of aryl methyl sites for hydroxylation is 1. The Balaban J connectivity index is 2.75. The highest BCUT2D eigenvalue weighted by Crippen LogP contribution is 2.21. The standard InChI is InChI=1S/C13H20FN3O3S/c1-8(2)17-13(18)4-5-16-21(19,20)12-7-11(15)10(14)6-9(12)3/h6-8,16H,4-5,15H2,1-3H3,(H,17,18). The van der Waals surface area contributed by atoms with Gasteiger partial charge in [0, 0.05) is 19.0 Å². The molecule has 0 aliphatic carbocycles. The second-order valence-electron chi connectivity index (χ2n) is 5.01. The highest BCUT2D eigenvalue weighted by molar-refractivity contribution is 7.89. The Labute approximate surface area is 124 Å². The number of hydrogen-bond acceptors (Lipinski definition) is 4. The number of carbonyl (C=O) groups is 1. The number of amides is 1. The van der Waals surface area contributed by atoms with Gasteiger partial charge in [-0.3, -0.25) is 4.79 Å². The number of nitrogens with one attached hydrogen (secondary N) is 2. The van der Waals surface area contributed by atoms with E-state index in [9.17, 15) is 17.6 Å². The summed E-state index contributed by atoms with van der Waals surface area (Å²) in [7, 11) is -3.83. The number of sulfonamides is 1. The first-order valence-electron chi connectivity index (χ1n) is 6.48. The van der Waals surface area contributed by atoms with Crippen molar-refractivity contribution in [2.75, 3.05) is 12.3 Å². The van der Waals surface area contributed by atoms with Gasteiger partial charge in [0.2, 0.25) is 15.9 Å². The molecule has 0 spiro atoms. The maximum atomic E-state index is 13.2. The Morgan fingerprint density at radius 2 is 2.00 bits per heavy atom. The first-order valence-corrected chi connectivity index (χ1v) is 7.96. The molecular weight excluding hydrogens is 297 g/mol. The zero-order chi connectivity index (χ0) is 16.2. The third-order valence-electron chi connectivity index (χ3n) is 2.68. The van der Waals surface area contributed by atoms with Gasteiger partial charge in [-0.25, -0.2) is 17.5 Å². The van der Waals surface area contributed by atoms with Crippen LogP contribution in [0, 0.1) is 12.7 Å². The minimum Gasteiger partial charge on any atom is -0.396 e. The number of nitrogens with two attached hydrogens (primary N) is 1. The summed E-state index contributed by atoms with van der Waals surface area (Å²) in [4.78, 5) is 11.3. The molecule has 0 atom stereocenters. The van der Waals surface area contributed by atoms with E-state index in [0.29, 0.717) is 0 Å². The van der Waals surface area contributed by atoms with Crippen molar-refractivity contribution in [2.45, 2.75) is 38.1 Å². The third-order valence-corrected chi connectivity index (χ3v) is 4.28. The van der Waals surface area contributed by atoms with Gasteiger partial charge >= 0.3 is 0 Å². The lowest BCUT2D eigenvalue weighted by atomic mass is 10.2. The first-order chi connectivity index (χ1) is 9.63. The van der Waals surface area contributed by atoms with Crippen LogP contribution in [0.15, 0.2) is 17.0 Å². The monoisotopic (exact) mass is 317 g/mol. The number of halogens is 1. The van der Waals surface area contributed by atoms with E-state index in [2.05, 4.69) is 10.0 Å². The Bertz CT molecular complexity index is 630. The molecule has 0 aliphatic heterocycles. The summed E-state index contributed by atoms with van der Waals surface area (Å²) >= 11 is 0. The molecule has 6 nitrogen and oxygen atoms in total. The summed E-state index contributed by atoms with van der Waals surface area (Å²) in [5, 5.41) is 2.65. The smallest absolute Gasteiger partial charge is 0.240 e. The van der Waals surface area contributed by atoms with Crippen LogP contribution in [-0.4, -0.2) is 26.9 Å². The minimum atomic E-state index is -3.83. The lowest BCUT2D eigenvalue weighted by molar-refractivity contribution is -0.121. The highest BCUT2D eigenvalue weighted by atomic mass is 32.2. The van der Waals surface area contributed by atoms with Crippen LogP contribution in [0.3, 0.4) is 0 Å². The molecule has 0 saturated heterocycles. The molecule has 1 rings (SSSR count). The number of benzene rings is 1. The molecule has 0 aliphatic rings. The number of anilines is 1. The summed E-state index contributed by atoms with van der Waals surface area (Å²) in [5.74, 6) is -0.911. The number of nitrogen functional groups attached to an aromatic ring is 1. The lowest BCUT2D eigenvalue weighted by Crippen LogP contribution is -2.34. The lowest BCUT2D eigenvalue weighted by Gasteiger charge is -2.11. The van der Waals surface area contributed by atoms with E-state index in [4.69, 9.17) is 5.73 Å². The van der Waals surface area contributed by atoms with Crippen molar-refractivity contribution >= 4 is 21.6 Å². The van der Waals surface area contributed by atoms with Gasteiger partial charge in [-0.2, -0.15) is 0 Å². The zero-order valence-corrected chi connectivity index (χ0v) is 13.1. The van der Waals surface area contributed by atoms with Crippen LogP contribution < -0.4 is 15.8 Å².